The van der Waals surface area contributed by atoms with Gasteiger partial charge in [-0.3, -0.25) is 4.79 Å². The Hall–Kier alpha value is -1.76. The van der Waals surface area contributed by atoms with Crippen LogP contribution in [0.15, 0.2) is 34.3 Å². The lowest BCUT2D eigenvalue weighted by atomic mass is 10.2. The fourth-order valence-electron chi connectivity index (χ4n) is 2.50. The first-order valence-corrected chi connectivity index (χ1v) is 8.12. The third-order valence-electron chi connectivity index (χ3n) is 3.54. The molecule has 0 bridgehead atoms. The molecule has 0 atom stereocenters. The van der Waals surface area contributed by atoms with E-state index in [9.17, 15) is 4.79 Å². The van der Waals surface area contributed by atoms with Crippen molar-refractivity contribution in [2.75, 3.05) is 5.75 Å². The Morgan fingerprint density at radius 2 is 2.33 bits per heavy atom. The Morgan fingerprint density at radius 3 is 3.10 bits per heavy atom. The van der Waals surface area contributed by atoms with E-state index in [0.717, 1.165) is 23.8 Å². The van der Waals surface area contributed by atoms with E-state index < -0.39 is 0 Å². The van der Waals surface area contributed by atoms with Gasteiger partial charge in [0.2, 0.25) is 5.91 Å². The van der Waals surface area contributed by atoms with Crippen LogP contribution in [0.25, 0.3) is 0 Å². The minimum absolute atomic E-state index is 0.0689. The third kappa shape index (κ3) is 3.87. The number of hydrogen-bond donors (Lipinski definition) is 1. The van der Waals surface area contributed by atoms with Gasteiger partial charge in [0.25, 0.3) is 0 Å². The smallest absolute Gasteiger partial charge is 0.230 e. The molecule has 0 radical (unpaired) electrons. The fourth-order valence-corrected chi connectivity index (χ4v) is 3.23. The number of thioether (sulfide) groups is 1. The van der Waals surface area contributed by atoms with Gasteiger partial charge >= 0.3 is 0 Å². The number of carbonyl (C=O) groups is 1. The van der Waals surface area contributed by atoms with Crippen LogP contribution in [-0.2, 0) is 11.3 Å². The van der Waals surface area contributed by atoms with Crippen molar-refractivity contribution < 1.29 is 9.21 Å². The quantitative estimate of drug-likeness (QED) is 0.827. The maximum atomic E-state index is 11.9. The number of furan rings is 1. The molecule has 21 heavy (non-hydrogen) atoms. The Labute approximate surface area is 127 Å². The third-order valence-corrected chi connectivity index (χ3v) is 4.52. The predicted molar refractivity (Wildman–Crippen MR) is 79.0 cm³/mol. The Kier molecular flexibility index (Phi) is 4.59. The first-order chi connectivity index (χ1) is 10.3. The maximum Gasteiger partial charge on any atom is 0.230 e. The Morgan fingerprint density at radius 1 is 1.48 bits per heavy atom. The summed E-state index contributed by atoms with van der Waals surface area (Å²) in [6.07, 6.45) is 7.93. The zero-order valence-electron chi connectivity index (χ0n) is 11.7. The molecule has 0 unspecified atom stereocenters. The van der Waals surface area contributed by atoms with E-state index >= 15 is 0 Å². The molecule has 0 saturated heterocycles. The average molecular weight is 306 g/mol. The van der Waals surface area contributed by atoms with Gasteiger partial charge in [0.05, 0.1) is 18.6 Å². The highest BCUT2D eigenvalue weighted by atomic mass is 32.2. The van der Waals surface area contributed by atoms with Crippen LogP contribution in [0.5, 0.6) is 0 Å². The molecule has 2 aromatic heterocycles. The summed E-state index contributed by atoms with van der Waals surface area (Å²) in [5.74, 6) is 1.28. The summed E-state index contributed by atoms with van der Waals surface area (Å²) in [6, 6.07) is 4.11. The van der Waals surface area contributed by atoms with E-state index in [1.165, 1.54) is 24.6 Å². The normalized spacial score (nSPS) is 15.4. The first-order valence-electron chi connectivity index (χ1n) is 7.13. The van der Waals surface area contributed by atoms with E-state index in [0.29, 0.717) is 18.3 Å². The molecule has 1 saturated carbocycles. The molecule has 0 aliphatic heterocycles. The maximum absolute atomic E-state index is 11.9. The van der Waals surface area contributed by atoms with E-state index in [1.54, 1.807) is 12.6 Å². The number of hydrogen-bond acceptors (Lipinski definition) is 5. The summed E-state index contributed by atoms with van der Waals surface area (Å²) >= 11 is 1.40. The summed E-state index contributed by atoms with van der Waals surface area (Å²) in [6.45, 7) is 0.576. The molecule has 3 rings (SSSR count). The van der Waals surface area contributed by atoms with Gasteiger partial charge in [0.15, 0.2) is 5.16 Å². The van der Waals surface area contributed by atoms with Gasteiger partial charge in [-0.05, 0) is 25.0 Å². The topological polar surface area (TPSA) is 73.0 Å². The van der Waals surface area contributed by atoms with Gasteiger partial charge in [-0.2, -0.15) is 0 Å². The first kappa shape index (κ1) is 14.2. The fraction of sp³-hybridized carbons (Fsp3) is 0.500. The van der Waals surface area contributed by atoms with Crippen molar-refractivity contribution in [2.45, 2.75) is 43.4 Å². The van der Waals surface area contributed by atoms with Crippen LogP contribution in [0, 0.1) is 0 Å². The SMILES string of the molecule is O=C(CSc1nncn1Cc1ccco1)NC1CCCC1. The van der Waals surface area contributed by atoms with Crippen molar-refractivity contribution in [2.24, 2.45) is 0 Å². The highest BCUT2D eigenvalue weighted by Crippen LogP contribution is 2.19. The van der Waals surface area contributed by atoms with Crippen LogP contribution in [0.4, 0.5) is 0 Å². The highest BCUT2D eigenvalue weighted by Gasteiger charge is 2.17. The van der Waals surface area contributed by atoms with Crippen LogP contribution >= 0.6 is 11.8 Å². The van der Waals surface area contributed by atoms with Gasteiger partial charge in [0.1, 0.15) is 12.1 Å². The van der Waals surface area contributed by atoms with Crippen molar-refractivity contribution in [3.05, 3.63) is 30.5 Å². The second-order valence-electron chi connectivity index (χ2n) is 5.16. The highest BCUT2D eigenvalue weighted by molar-refractivity contribution is 7.99. The van der Waals surface area contributed by atoms with E-state index in [2.05, 4.69) is 15.5 Å². The van der Waals surface area contributed by atoms with Crippen LogP contribution < -0.4 is 5.32 Å². The molecule has 2 heterocycles. The summed E-state index contributed by atoms with van der Waals surface area (Å²) < 4.78 is 7.19. The molecule has 1 aliphatic carbocycles. The van der Waals surface area contributed by atoms with Crippen molar-refractivity contribution in [1.82, 2.24) is 20.1 Å². The minimum atomic E-state index is 0.0689. The average Bonchev–Trinajstić information content (AvgIpc) is 3.19. The molecule has 7 heteroatoms. The van der Waals surface area contributed by atoms with Crippen LogP contribution in [0.1, 0.15) is 31.4 Å². The minimum Gasteiger partial charge on any atom is -0.467 e. The summed E-state index contributed by atoms with van der Waals surface area (Å²) in [5, 5.41) is 11.8. The number of nitrogens with zero attached hydrogens (tertiary/aromatic N) is 3. The number of nitrogens with one attached hydrogen (secondary N) is 1. The molecule has 0 spiro atoms. The number of amides is 1. The molecule has 112 valence electrons. The zero-order valence-corrected chi connectivity index (χ0v) is 12.5. The van der Waals surface area contributed by atoms with E-state index in [4.69, 9.17) is 4.42 Å². The Bertz CT molecular complexity index is 576. The molecule has 1 N–H and O–H groups in total. The summed E-state index contributed by atoms with van der Waals surface area (Å²) in [7, 11) is 0. The lowest BCUT2D eigenvalue weighted by molar-refractivity contribution is -0.119. The second-order valence-corrected chi connectivity index (χ2v) is 6.10. The van der Waals surface area contributed by atoms with Crippen molar-refractivity contribution in [3.63, 3.8) is 0 Å². The molecule has 1 amide bonds. The molecular formula is C14H18N4O2S. The van der Waals surface area contributed by atoms with Crippen LogP contribution in [0.2, 0.25) is 0 Å². The lowest BCUT2D eigenvalue weighted by Crippen LogP contribution is -2.33. The van der Waals surface area contributed by atoms with Crippen LogP contribution in [-0.4, -0.2) is 32.5 Å². The number of carbonyl (C=O) groups excluding carboxylic acids is 1. The molecule has 6 nitrogen and oxygen atoms in total. The second kappa shape index (κ2) is 6.80. The van der Waals surface area contributed by atoms with Crippen LogP contribution in [0.3, 0.4) is 0 Å². The molecule has 0 aromatic carbocycles. The van der Waals surface area contributed by atoms with Gasteiger partial charge in [0, 0.05) is 6.04 Å². The van der Waals surface area contributed by atoms with Gasteiger partial charge in [-0.1, -0.05) is 24.6 Å². The lowest BCUT2D eigenvalue weighted by Gasteiger charge is -2.11. The van der Waals surface area contributed by atoms with E-state index in [1.807, 2.05) is 16.7 Å². The van der Waals surface area contributed by atoms with Gasteiger partial charge in [-0.25, -0.2) is 0 Å². The molecular weight excluding hydrogens is 288 g/mol. The van der Waals surface area contributed by atoms with Gasteiger partial charge < -0.3 is 14.3 Å². The largest absolute Gasteiger partial charge is 0.467 e. The zero-order chi connectivity index (χ0) is 14.5. The summed E-state index contributed by atoms with van der Waals surface area (Å²) in [5.41, 5.74) is 0. The standard InChI is InChI=1S/C14H18N4O2S/c19-13(16-11-4-1-2-5-11)9-21-14-17-15-10-18(14)8-12-6-3-7-20-12/h3,6-7,10-11H,1-2,4-5,8-9H2,(H,16,19). The molecule has 1 fully saturated rings. The van der Waals surface area contributed by atoms with E-state index in [-0.39, 0.29) is 5.91 Å². The monoisotopic (exact) mass is 306 g/mol. The molecule has 2 aromatic rings. The van der Waals surface area contributed by atoms with Crippen molar-refractivity contribution in [3.8, 4) is 0 Å². The number of rotatable bonds is 6. The van der Waals surface area contributed by atoms with Gasteiger partial charge in [-0.15, -0.1) is 10.2 Å². The predicted octanol–water partition coefficient (Wildman–Crippen LogP) is 2.07. The number of aromatic nitrogens is 3. The summed E-state index contributed by atoms with van der Waals surface area (Å²) in [4.78, 5) is 11.9. The van der Waals surface area contributed by atoms with Crippen molar-refractivity contribution >= 4 is 17.7 Å². The Balaban J connectivity index is 1.51. The van der Waals surface area contributed by atoms with Crippen molar-refractivity contribution in [1.29, 1.82) is 0 Å². The molecule has 1 aliphatic rings.